The SMILES string of the molecule is CCCNC(C)c1cccn1CCCCC#N. The second-order valence-corrected chi connectivity index (χ2v) is 4.42. The van der Waals surface area contributed by atoms with E-state index in [4.69, 9.17) is 5.26 Å². The fraction of sp³-hybridized carbons (Fsp3) is 0.643. The molecule has 3 nitrogen and oxygen atoms in total. The molecule has 1 rings (SSSR count). The van der Waals surface area contributed by atoms with Crippen molar-refractivity contribution in [2.75, 3.05) is 6.54 Å². The molecule has 1 N–H and O–H groups in total. The molecule has 1 atom stereocenters. The van der Waals surface area contributed by atoms with Gasteiger partial charge in [0, 0.05) is 30.9 Å². The van der Waals surface area contributed by atoms with E-state index >= 15 is 0 Å². The molecule has 1 aromatic heterocycles. The van der Waals surface area contributed by atoms with Gasteiger partial charge in [-0.05, 0) is 44.9 Å². The van der Waals surface area contributed by atoms with Crippen molar-refractivity contribution in [3.63, 3.8) is 0 Å². The lowest BCUT2D eigenvalue weighted by Gasteiger charge is -2.16. The minimum Gasteiger partial charge on any atom is -0.350 e. The lowest BCUT2D eigenvalue weighted by molar-refractivity contribution is 0.512. The van der Waals surface area contributed by atoms with Gasteiger partial charge >= 0.3 is 0 Å². The van der Waals surface area contributed by atoms with Crippen LogP contribution in [0.15, 0.2) is 18.3 Å². The van der Waals surface area contributed by atoms with Crippen LogP contribution in [0.4, 0.5) is 0 Å². The van der Waals surface area contributed by atoms with Gasteiger partial charge in [-0.1, -0.05) is 6.92 Å². The minimum absolute atomic E-state index is 0.404. The van der Waals surface area contributed by atoms with Gasteiger partial charge in [0.15, 0.2) is 0 Å². The molecule has 0 aliphatic rings. The van der Waals surface area contributed by atoms with E-state index in [1.807, 2.05) is 0 Å². The van der Waals surface area contributed by atoms with Crippen molar-refractivity contribution in [3.8, 4) is 6.07 Å². The monoisotopic (exact) mass is 233 g/mol. The normalized spacial score (nSPS) is 12.3. The zero-order valence-corrected chi connectivity index (χ0v) is 10.9. The molecule has 3 heteroatoms. The van der Waals surface area contributed by atoms with Crippen LogP contribution in [0.1, 0.15) is 51.3 Å². The average molecular weight is 233 g/mol. The highest BCUT2D eigenvalue weighted by molar-refractivity contribution is 5.11. The first-order chi connectivity index (χ1) is 8.29. The van der Waals surface area contributed by atoms with Crippen LogP contribution in [-0.4, -0.2) is 11.1 Å². The Morgan fingerprint density at radius 2 is 2.29 bits per heavy atom. The first-order valence-electron chi connectivity index (χ1n) is 6.55. The number of aromatic nitrogens is 1. The number of hydrogen-bond donors (Lipinski definition) is 1. The Kier molecular flexibility index (Phi) is 6.42. The van der Waals surface area contributed by atoms with Crippen molar-refractivity contribution in [3.05, 3.63) is 24.0 Å². The van der Waals surface area contributed by atoms with Gasteiger partial charge in [0.25, 0.3) is 0 Å². The highest BCUT2D eigenvalue weighted by atomic mass is 15.0. The summed E-state index contributed by atoms with van der Waals surface area (Å²) in [6, 6.07) is 6.87. The van der Waals surface area contributed by atoms with Gasteiger partial charge in [-0.2, -0.15) is 5.26 Å². The van der Waals surface area contributed by atoms with E-state index in [1.165, 1.54) is 5.69 Å². The van der Waals surface area contributed by atoms with Crippen molar-refractivity contribution >= 4 is 0 Å². The van der Waals surface area contributed by atoms with Gasteiger partial charge in [-0.15, -0.1) is 0 Å². The number of nitrogens with one attached hydrogen (secondary N) is 1. The lowest BCUT2D eigenvalue weighted by Crippen LogP contribution is -2.21. The Hall–Kier alpha value is -1.27. The summed E-state index contributed by atoms with van der Waals surface area (Å²) in [7, 11) is 0. The van der Waals surface area contributed by atoms with E-state index in [0.29, 0.717) is 12.5 Å². The summed E-state index contributed by atoms with van der Waals surface area (Å²) in [5.74, 6) is 0. The Balaban J connectivity index is 2.44. The summed E-state index contributed by atoms with van der Waals surface area (Å²) in [5, 5.41) is 12.0. The molecule has 0 radical (unpaired) electrons. The zero-order chi connectivity index (χ0) is 12.5. The average Bonchev–Trinajstić information content (AvgIpc) is 2.80. The molecule has 0 bridgehead atoms. The Bertz CT molecular complexity index is 349. The number of nitriles is 1. The van der Waals surface area contributed by atoms with Gasteiger partial charge in [-0.3, -0.25) is 0 Å². The summed E-state index contributed by atoms with van der Waals surface area (Å²) < 4.78 is 2.30. The predicted octanol–water partition coefficient (Wildman–Crippen LogP) is 3.24. The molecule has 94 valence electrons. The van der Waals surface area contributed by atoms with E-state index in [9.17, 15) is 0 Å². The third-order valence-corrected chi connectivity index (χ3v) is 2.95. The van der Waals surface area contributed by atoms with Gasteiger partial charge < -0.3 is 9.88 Å². The van der Waals surface area contributed by atoms with E-state index in [2.05, 4.69) is 48.1 Å². The summed E-state index contributed by atoms with van der Waals surface area (Å²) in [5.41, 5.74) is 1.34. The molecular weight excluding hydrogens is 210 g/mol. The van der Waals surface area contributed by atoms with E-state index in [0.717, 1.165) is 32.4 Å². The molecule has 0 aromatic carbocycles. The van der Waals surface area contributed by atoms with Gasteiger partial charge in [0.05, 0.1) is 6.07 Å². The quantitative estimate of drug-likeness (QED) is 0.700. The first kappa shape index (κ1) is 13.8. The van der Waals surface area contributed by atoms with Crippen molar-refractivity contribution in [1.29, 1.82) is 5.26 Å². The molecule has 0 spiro atoms. The number of nitrogens with zero attached hydrogens (tertiary/aromatic N) is 2. The molecule has 0 saturated carbocycles. The van der Waals surface area contributed by atoms with Gasteiger partial charge in [0.2, 0.25) is 0 Å². The molecule has 0 saturated heterocycles. The van der Waals surface area contributed by atoms with Crippen molar-refractivity contribution in [2.24, 2.45) is 0 Å². The van der Waals surface area contributed by atoms with Crippen LogP contribution in [0.5, 0.6) is 0 Å². The maximum absolute atomic E-state index is 8.50. The molecule has 17 heavy (non-hydrogen) atoms. The fourth-order valence-corrected chi connectivity index (χ4v) is 1.98. The summed E-state index contributed by atoms with van der Waals surface area (Å²) in [6.07, 6.45) is 6.03. The number of aryl methyl sites for hydroxylation is 1. The van der Waals surface area contributed by atoms with Crippen molar-refractivity contribution < 1.29 is 0 Å². The maximum atomic E-state index is 8.50. The molecular formula is C14H23N3. The second-order valence-electron chi connectivity index (χ2n) is 4.42. The number of unbranched alkanes of at least 4 members (excludes halogenated alkanes) is 2. The lowest BCUT2D eigenvalue weighted by atomic mass is 10.2. The van der Waals surface area contributed by atoms with E-state index in [1.54, 1.807) is 0 Å². The van der Waals surface area contributed by atoms with E-state index in [-0.39, 0.29) is 0 Å². The molecule has 0 fully saturated rings. The maximum Gasteiger partial charge on any atom is 0.0621 e. The number of hydrogen-bond acceptors (Lipinski definition) is 2. The molecule has 1 heterocycles. The smallest absolute Gasteiger partial charge is 0.0621 e. The van der Waals surface area contributed by atoms with Crippen LogP contribution >= 0.6 is 0 Å². The van der Waals surface area contributed by atoms with Crippen LogP contribution in [-0.2, 0) is 6.54 Å². The Labute approximate surface area is 104 Å². The predicted molar refractivity (Wildman–Crippen MR) is 70.6 cm³/mol. The van der Waals surface area contributed by atoms with Crippen LogP contribution < -0.4 is 5.32 Å². The molecule has 1 aromatic rings. The van der Waals surface area contributed by atoms with Crippen molar-refractivity contribution in [2.45, 2.75) is 52.1 Å². The second kappa shape index (κ2) is 7.92. The molecule has 0 aliphatic carbocycles. The largest absolute Gasteiger partial charge is 0.350 e. The molecule has 0 amide bonds. The van der Waals surface area contributed by atoms with Gasteiger partial charge in [0.1, 0.15) is 0 Å². The summed E-state index contributed by atoms with van der Waals surface area (Å²) >= 11 is 0. The highest BCUT2D eigenvalue weighted by Gasteiger charge is 2.08. The molecule has 1 unspecified atom stereocenters. The van der Waals surface area contributed by atoms with Crippen LogP contribution in [0.2, 0.25) is 0 Å². The van der Waals surface area contributed by atoms with Crippen molar-refractivity contribution in [1.82, 2.24) is 9.88 Å². The number of rotatable bonds is 8. The van der Waals surface area contributed by atoms with Crippen LogP contribution in [0, 0.1) is 11.3 Å². The first-order valence-corrected chi connectivity index (χ1v) is 6.55. The highest BCUT2D eigenvalue weighted by Crippen LogP contribution is 2.14. The summed E-state index contributed by atoms with van der Waals surface area (Å²) in [4.78, 5) is 0. The van der Waals surface area contributed by atoms with Gasteiger partial charge in [-0.25, -0.2) is 0 Å². The Morgan fingerprint density at radius 3 is 3.00 bits per heavy atom. The zero-order valence-electron chi connectivity index (χ0n) is 10.9. The standard InChI is InChI=1S/C14H23N3/c1-3-10-16-13(2)14-8-7-12-17(14)11-6-4-5-9-15/h7-8,12-13,16H,3-6,10-11H2,1-2H3. The fourth-order valence-electron chi connectivity index (χ4n) is 1.98. The summed E-state index contributed by atoms with van der Waals surface area (Å²) in [6.45, 7) is 6.46. The molecule has 0 aliphatic heterocycles. The van der Waals surface area contributed by atoms with E-state index < -0.39 is 0 Å². The Morgan fingerprint density at radius 1 is 1.47 bits per heavy atom. The third-order valence-electron chi connectivity index (χ3n) is 2.95. The van der Waals surface area contributed by atoms with Crippen LogP contribution in [0.25, 0.3) is 0 Å². The minimum atomic E-state index is 0.404. The topological polar surface area (TPSA) is 40.8 Å². The van der Waals surface area contributed by atoms with Crippen LogP contribution in [0.3, 0.4) is 0 Å². The third kappa shape index (κ3) is 4.62.